The van der Waals surface area contributed by atoms with Gasteiger partial charge in [0.2, 0.25) is 5.52 Å². The van der Waals surface area contributed by atoms with Crippen LogP contribution in [-0.2, 0) is 7.05 Å². The van der Waals surface area contributed by atoms with Gasteiger partial charge in [-0.15, -0.1) is 0 Å². The predicted octanol–water partition coefficient (Wildman–Crippen LogP) is 2.82. The van der Waals surface area contributed by atoms with Gasteiger partial charge < -0.3 is 0 Å². The Labute approximate surface area is 88.6 Å². The second-order valence-corrected chi connectivity index (χ2v) is 3.84. The van der Waals surface area contributed by atoms with Crippen LogP contribution in [0.2, 0.25) is 0 Å². The van der Waals surface area contributed by atoms with Gasteiger partial charge in [-0.1, -0.05) is 24.3 Å². The second kappa shape index (κ2) is 3.06. The Hall–Kier alpha value is -1.89. The largest absolute Gasteiger partial charge is 0.212 e. The number of pyridine rings is 1. The number of hydrogen-bond donors (Lipinski definition) is 0. The van der Waals surface area contributed by atoms with Crippen molar-refractivity contribution in [3.8, 4) is 0 Å². The molecule has 0 spiro atoms. The highest BCUT2D eigenvalue weighted by atomic mass is 14.9. The molecule has 3 rings (SSSR count). The second-order valence-electron chi connectivity index (χ2n) is 3.84. The van der Waals surface area contributed by atoms with Crippen molar-refractivity contribution in [1.29, 1.82) is 0 Å². The summed E-state index contributed by atoms with van der Waals surface area (Å²) >= 11 is 0. The SMILES string of the molecule is C[n+]1cccc2c3ccccc3ccc21. The van der Waals surface area contributed by atoms with E-state index in [0.717, 1.165) is 0 Å². The van der Waals surface area contributed by atoms with E-state index in [2.05, 4.69) is 66.3 Å². The monoisotopic (exact) mass is 194 g/mol. The molecule has 72 valence electrons. The summed E-state index contributed by atoms with van der Waals surface area (Å²) in [5.74, 6) is 0. The van der Waals surface area contributed by atoms with E-state index in [9.17, 15) is 0 Å². The molecule has 2 aromatic carbocycles. The topological polar surface area (TPSA) is 3.88 Å². The van der Waals surface area contributed by atoms with Crippen molar-refractivity contribution in [2.24, 2.45) is 7.05 Å². The van der Waals surface area contributed by atoms with E-state index >= 15 is 0 Å². The Kier molecular flexibility index (Phi) is 1.72. The third kappa shape index (κ3) is 1.20. The summed E-state index contributed by atoms with van der Waals surface area (Å²) in [7, 11) is 2.08. The molecule has 0 radical (unpaired) electrons. The van der Waals surface area contributed by atoms with Crippen molar-refractivity contribution in [2.75, 3.05) is 0 Å². The van der Waals surface area contributed by atoms with Gasteiger partial charge >= 0.3 is 0 Å². The van der Waals surface area contributed by atoms with Crippen LogP contribution < -0.4 is 4.57 Å². The van der Waals surface area contributed by atoms with Crippen molar-refractivity contribution in [3.05, 3.63) is 54.7 Å². The molecule has 0 saturated heterocycles. The fourth-order valence-corrected chi connectivity index (χ4v) is 2.12. The molecule has 3 aromatic rings. The highest BCUT2D eigenvalue weighted by Crippen LogP contribution is 2.22. The Balaban J connectivity index is 2.60. The molecule has 0 atom stereocenters. The maximum absolute atomic E-state index is 2.18. The molecule has 1 nitrogen and oxygen atoms in total. The lowest BCUT2D eigenvalue weighted by Gasteiger charge is -2.01. The zero-order valence-corrected chi connectivity index (χ0v) is 8.64. The molecular weight excluding hydrogens is 182 g/mol. The van der Waals surface area contributed by atoms with E-state index in [-0.39, 0.29) is 0 Å². The normalized spacial score (nSPS) is 11.0. The van der Waals surface area contributed by atoms with Crippen molar-refractivity contribution in [3.63, 3.8) is 0 Å². The van der Waals surface area contributed by atoms with Crippen molar-refractivity contribution in [1.82, 2.24) is 0 Å². The maximum atomic E-state index is 2.18. The van der Waals surface area contributed by atoms with Crippen LogP contribution in [0, 0.1) is 0 Å². The highest BCUT2D eigenvalue weighted by Gasteiger charge is 2.06. The molecule has 0 aliphatic rings. The van der Waals surface area contributed by atoms with E-state index in [1.807, 2.05) is 0 Å². The van der Waals surface area contributed by atoms with Gasteiger partial charge in [-0.3, -0.25) is 0 Å². The first kappa shape index (κ1) is 8.42. The minimum Gasteiger partial charge on any atom is -0.201 e. The van der Waals surface area contributed by atoms with Crippen molar-refractivity contribution in [2.45, 2.75) is 0 Å². The molecule has 15 heavy (non-hydrogen) atoms. The van der Waals surface area contributed by atoms with Gasteiger partial charge in [0.25, 0.3) is 0 Å². The summed E-state index contributed by atoms with van der Waals surface area (Å²) in [6, 6.07) is 17.1. The lowest BCUT2D eigenvalue weighted by atomic mass is 10.1. The summed E-state index contributed by atoms with van der Waals surface area (Å²) in [4.78, 5) is 0. The van der Waals surface area contributed by atoms with Crippen LogP contribution in [0.3, 0.4) is 0 Å². The Morgan fingerprint density at radius 1 is 0.800 bits per heavy atom. The zero-order valence-electron chi connectivity index (χ0n) is 8.64. The molecule has 0 bridgehead atoms. The van der Waals surface area contributed by atoms with Gasteiger partial charge in [0, 0.05) is 12.1 Å². The summed E-state index contributed by atoms with van der Waals surface area (Å²) in [6.07, 6.45) is 2.08. The highest BCUT2D eigenvalue weighted by molar-refractivity contribution is 6.04. The Morgan fingerprint density at radius 3 is 2.53 bits per heavy atom. The summed E-state index contributed by atoms with van der Waals surface area (Å²) in [6.45, 7) is 0. The molecule has 0 amide bonds. The smallest absolute Gasteiger partial charge is 0.201 e. The number of nitrogens with zero attached hydrogens (tertiary/aromatic N) is 1. The van der Waals surface area contributed by atoms with Gasteiger partial charge in [-0.25, -0.2) is 4.57 Å². The average molecular weight is 194 g/mol. The fourth-order valence-electron chi connectivity index (χ4n) is 2.12. The van der Waals surface area contributed by atoms with Crippen LogP contribution in [0.5, 0.6) is 0 Å². The van der Waals surface area contributed by atoms with Gasteiger partial charge in [0.15, 0.2) is 6.20 Å². The molecule has 0 saturated carbocycles. The third-order valence-corrected chi connectivity index (χ3v) is 2.90. The minimum absolute atomic E-state index is 1.27. The lowest BCUT2D eigenvalue weighted by molar-refractivity contribution is -0.644. The van der Waals surface area contributed by atoms with Gasteiger partial charge in [-0.2, -0.15) is 0 Å². The van der Waals surface area contributed by atoms with Gasteiger partial charge in [0.05, 0.1) is 5.39 Å². The van der Waals surface area contributed by atoms with E-state index in [1.165, 1.54) is 21.7 Å². The van der Waals surface area contributed by atoms with Gasteiger partial charge in [0.1, 0.15) is 7.05 Å². The molecule has 1 heteroatoms. The molecular formula is C14H12N+. The Morgan fingerprint density at radius 2 is 1.60 bits per heavy atom. The lowest BCUT2D eigenvalue weighted by Crippen LogP contribution is -2.27. The van der Waals surface area contributed by atoms with Gasteiger partial charge in [-0.05, 0) is 22.9 Å². The van der Waals surface area contributed by atoms with E-state index in [1.54, 1.807) is 0 Å². The van der Waals surface area contributed by atoms with E-state index in [4.69, 9.17) is 0 Å². The number of benzene rings is 2. The molecule has 1 aromatic heterocycles. The summed E-state index contributed by atoms with van der Waals surface area (Å²) in [5, 5.41) is 3.94. The van der Waals surface area contributed by atoms with Crippen molar-refractivity contribution < 1.29 is 4.57 Å². The first-order valence-electron chi connectivity index (χ1n) is 5.12. The number of fused-ring (bicyclic) bond motifs is 3. The Bertz CT molecular complexity index is 641. The average Bonchev–Trinajstić information content (AvgIpc) is 2.29. The standard InChI is InChI=1S/C14H12N/c1-15-10-4-7-13-12-6-3-2-5-11(12)8-9-14(13)15/h2-10H,1H3/q+1. The molecule has 1 heterocycles. The van der Waals surface area contributed by atoms with Crippen LogP contribution in [0.4, 0.5) is 0 Å². The molecule has 0 unspecified atom stereocenters. The molecule has 0 aliphatic heterocycles. The maximum Gasteiger partial charge on any atom is 0.212 e. The van der Waals surface area contributed by atoms with Crippen molar-refractivity contribution >= 4 is 21.7 Å². The number of aryl methyl sites for hydroxylation is 1. The third-order valence-electron chi connectivity index (χ3n) is 2.90. The van der Waals surface area contributed by atoms with Crippen LogP contribution >= 0.6 is 0 Å². The van der Waals surface area contributed by atoms with Crippen LogP contribution in [0.15, 0.2) is 54.7 Å². The quantitative estimate of drug-likeness (QED) is 0.383. The number of rotatable bonds is 0. The number of hydrogen-bond acceptors (Lipinski definition) is 0. The number of aromatic nitrogens is 1. The van der Waals surface area contributed by atoms with E-state index < -0.39 is 0 Å². The van der Waals surface area contributed by atoms with Crippen LogP contribution in [-0.4, -0.2) is 0 Å². The molecule has 0 fully saturated rings. The summed E-state index contributed by atoms with van der Waals surface area (Å²) < 4.78 is 2.15. The fraction of sp³-hybridized carbons (Fsp3) is 0.0714. The predicted molar refractivity (Wildman–Crippen MR) is 62.6 cm³/mol. The zero-order chi connectivity index (χ0) is 10.3. The first-order valence-corrected chi connectivity index (χ1v) is 5.12. The minimum atomic E-state index is 1.27. The molecule has 0 aliphatic carbocycles. The summed E-state index contributed by atoms with van der Waals surface area (Å²) in [5.41, 5.74) is 1.27. The van der Waals surface area contributed by atoms with Crippen LogP contribution in [0.25, 0.3) is 21.7 Å². The van der Waals surface area contributed by atoms with Crippen LogP contribution in [0.1, 0.15) is 0 Å². The first-order chi connectivity index (χ1) is 7.36. The van der Waals surface area contributed by atoms with E-state index in [0.29, 0.717) is 0 Å². The molecule has 0 N–H and O–H groups in total.